The van der Waals surface area contributed by atoms with Crippen LogP contribution in [-0.2, 0) is 18.5 Å². The minimum absolute atomic E-state index is 0.0462. The second-order valence-electron chi connectivity index (χ2n) is 9.74. The SMILES string of the molecule is C=C1N(c2c(F)c(OC)cc(OC)c2F)Cc2cnc(-c3cnn(CC(N)CCCP)c3)cc2C12CC2. The van der Waals surface area contributed by atoms with E-state index in [1.165, 1.54) is 20.3 Å². The zero-order valence-electron chi connectivity index (χ0n) is 21.1. The predicted octanol–water partition coefficient (Wildman–Crippen LogP) is 4.79. The molecule has 2 N–H and O–H groups in total. The van der Waals surface area contributed by atoms with Crippen LogP contribution >= 0.6 is 9.24 Å². The minimum Gasteiger partial charge on any atom is -0.493 e. The number of ether oxygens (including phenoxy) is 2. The Bertz CT molecular complexity index is 1310. The van der Waals surface area contributed by atoms with Crippen molar-refractivity contribution in [3.8, 4) is 22.8 Å². The Labute approximate surface area is 217 Å². The second-order valence-corrected chi connectivity index (χ2v) is 10.3. The summed E-state index contributed by atoms with van der Waals surface area (Å²) >= 11 is 0. The summed E-state index contributed by atoms with van der Waals surface area (Å²) in [5.74, 6) is -1.74. The van der Waals surface area contributed by atoms with E-state index in [4.69, 9.17) is 15.2 Å². The molecule has 1 aliphatic carbocycles. The lowest BCUT2D eigenvalue weighted by molar-refractivity contribution is 0.358. The summed E-state index contributed by atoms with van der Waals surface area (Å²) in [6, 6.07) is 3.33. The van der Waals surface area contributed by atoms with Crippen LogP contribution < -0.4 is 20.1 Å². The molecule has 7 nitrogen and oxygen atoms in total. The number of pyridine rings is 1. The van der Waals surface area contributed by atoms with Crippen LogP contribution in [0.4, 0.5) is 14.5 Å². The van der Waals surface area contributed by atoms with Gasteiger partial charge in [0.2, 0.25) is 0 Å². The highest BCUT2D eigenvalue weighted by molar-refractivity contribution is 7.16. The zero-order valence-corrected chi connectivity index (χ0v) is 22.3. The Kier molecular flexibility index (Phi) is 6.94. The van der Waals surface area contributed by atoms with Gasteiger partial charge in [-0.1, -0.05) is 6.58 Å². The van der Waals surface area contributed by atoms with Crippen molar-refractivity contribution in [3.05, 3.63) is 65.8 Å². The maximum atomic E-state index is 15.4. The number of fused-ring (bicyclic) bond motifs is 2. The van der Waals surface area contributed by atoms with Crippen molar-refractivity contribution in [2.24, 2.45) is 5.73 Å². The first-order valence-electron chi connectivity index (χ1n) is 12.4. The summed E-state index contributed by atoms with van der Waals surface area (Å²) in [6.07, 6.45) is 10.3. The van der Waals surface area contributed by atoms with E-state index in [9.17, 15) is 0 Å². The minimum atomic E-state index is -0.783. The Morgan fingerprint density at radius 2 is 1.86 bits per heavy atom. The number of hydrogen-bond donors (Lipinski definition) is 1. The third-order valence-electron chi connectivity index (χ3n) is 7.41. The first kappa shape index (κ1) is 25.6. The molecule has 3 aromatic rings. The molecule has 5 rings (SSSR count). The number of allylic oxidation sites excluding steroid dienone is 1. The first-order valence-corrected chi connectivity index (χ1v) is 13.2. The normalized spacial score (nSPS) is 16.6. The molecule has 2 atom stereocenters. The summed E-state index contributed by atoms with van der Waals surface area (Å²) < 4.78 is 42.9. The average molecular weight is 528 g/mol. The van der Waals surface area contributed by atoms with E-state index in [1.807, 2.05) is 10.9 Å². The molecule has 1 saturated carbocycles. The van der Waals surface area contributed by atoms with Gasteiger partial charge in [-0.05, 0) is 49.0 Å². The van der Waals surface area contributed by atoms with Crippen molar-refractivity contribution < 1.29 is 18.3 Å². The van der Waals surface area contributed by atoms with E-state index >= 15 is 8.78 Å². The van der Waals surface area contributed by atoms with E-state index < -0.39 is 17.0 Å². The highest BCUT2D eigenvalue weighted by Crippen LogP contribution is 2.59. The van der Waals surface area contributed by atoms with Crippen LogP contribution in [0.25, 0.3) is 11.3 Å². The average Bonchev–Trinajstić information content (AvgIpc) is 3.57. The lowest BCUT2D eigenvalue weighted by Crippen LogP contribution is -2.36. The molecule has 0 radical (unpaired) electrons. The van der Waals surface area contributed by atoms with Crippen LogP contribution in [0.5, 0.6) is 11.5 Å². The van der Waals surface area contributed by atoms with E-state index in [0.29, 0.717) is 12.2 Å². The van der Waals surface area contributed by atoms with Gasteiger partial charge in [0, 0.05) is 47.7 Å². The number of nitrogens with zero attached hydrogens (tertiary/aromatic N) is 4. The van der Waals surface area contributed by atoms with Crippen LogP contribution in [0.2, 0.25) is 0 Å². The third-order valence-corrected chi connectivity index (χ3v) is 7.82. The molecular weight excluding hydrogens is 495 g/mol. The summed E-state index contributed by atoms with van der Waals surface area (Å²) in [5.41, 5.74) is 9.99. The van der Waals surface area contributed by atoms with E-state index in [2.05, 4.69) is 32.0 Å². The number of methoxy groups -OCH3 is 2. The van der Waals surface area contributed by atoms with Crippen molar-refractivity contribution in [1.82, 2.24) is 14.8 Å². The van der Waals surface area contributed by atoms with Gasteiger partial charge in [0.05, 0.1) is 32.7 Å². The van der Waals surface area contributed by atoms with Crippen LogP contribution in [0, 0.1) is 11.6 Å². The number of benzene rings is 1. The molecule has 1 spiro atoms. The van der Waals surface area contributed by atoms with Crippen LogP contribution in [0.3, 0.4) is 0 Å². The number of rotatable bonds is 9. The molecule has 196 valence electrons. The molecule has 2 aliphatic rings. The summed E-state index contributed by atoms with van der Waals surface area (Å²) in [4.78, 5) is 6.28. The van der Waals surface area contributed by atoms with Gasteiger partial charge in [-0.25, -0.2) is 8.78 Å². The number of aromatic nitrogens is 3. The summed E-state index contributed by atoms with van der Waals surface area (Å²) in [6.45, 7) is 5.18. The van der Waals surface area contributed by atoms with Crippen LogP contribution in [-0.4, -0.2) is 41.2 Å². The molecular formula is C27H32F2N5O2P. The fourth-order valence-corrected chi connectivity index (χ4v) is 5.44. The Hall–Kier alpha value is -3.03. The highest BCUT2D eigenvalue weighted by atomic mass is 31.0. The van der Waals surface area contributed by atoms with Gasteiger partial charge in [0.25, 0.3) is 0 Å². The molecule has 1 fully saturated rings. The molecule has 2 aromatic heterocycles. The molecule has 0 amide bonds. The van der Waals surface area contributed by atoms with Gasteiger partial charge < -0.3 is 20.1 Å². The van der Waals surface area contributed by atoms with Crippen LogP contribution in [0.15, 0.2) is 43.0 Å². The fraction of sp³-hybridized carbons (Fsp3) is 0.407. The molecule has 37 heavy (non-hydrogen) atoms. The summed E-state index contributed by atoms with van der Waals surface area (Å²) in [7, 11) is 5.41. The lowest BCUT2D eigenvalue weighted by Gasteiger charge is -2.39. The number of halogens is 2. The smallest absolute Gasteiger partial charge is 0.191 e. The van der Waals surface area contributed by atoms with Crippen LogP contribution in [0.1, 0.15) is 36.8 Å². The Morgan fingerprint density at radius 3 is 2.49 bits per heavy atom. The Balaban J connectivity index is 1.47. The monoisotopic (exact) mass is 527 g/mol. The van der Waals surface area contributed by atoms with Crippen molar-refractivity contribution in [3.63, 3.8) is 0 Å². The molecule has 1 aliphatic heterocycles. The van der Waals surface area contributed by atoms with Crippen molar-refractivity contribution in [1.29, 1.82) is 0 Å². The number of anilines is 1. The maximum absolute atomic E-state index is 15.4. The topological polar surface area (TPSA) is 78.4 Å². The first-order chi connectivity index (χ1) is 17.8. The lowest BCUT2D eigenvalue weighted by atomic mass is 9.84. The third kappa shape index (κ3) is 4.48. The molecule has 1 aromatic carbocycles. The molecule has 0 bridgehead atoms. The van der Waals surface area contributed by atoms with Gasteiger partial charge in [-0.2, -0.15) is 5.10 Å². The van der Waals surface area contributed by atoms with E-state index in [1.54, 1.807) is 17.3 Å². The van der Waals surface area contributed by atoms with Crippen molar-refractivity contribution >= 4 is 14.9 Å². The summed E-state index contributed by atoms with van der Waals surface area (Å²) in [5, 5.41) is 4.48. The molecule has 0 saturated heterocycles. The van der Waals surface area contributed by atoms with Gasteiger partial charge in [0.1, 0.15) is 5.69 Å². The van der Waals surface area contributed by atoms with Gasteiger partial charge in [-0.15, -0.1) is 9.24 Å². The van der Waals surface area contributed by atoms with Gasteiger partial charge >= 0.3 is 0 Å². The zero-order chi connectivity index (χ0) is 26.3. The van der Waals surface area contributed by atoms with E-state index in [-0.39, 0.29) is 29.8 Å². The molecule has 3 heterocycles. The quantitative estimate of drug-likeness (QED) is 0.404. The maximum Gasteiger partial charge on any atom is 0.191 e. The predicted molar refractivity (Wildman–Crippen MR) is 143 cm³/mol. The fourth-order valence-electron chi connectivity index (χ4n) is 5.21. The molecule has 2 unspecified atom stereocenters. The van der Waals surface area contributed by atoms with Gasteiger partial charge in [0.15, 0.2) is 23.1 Å². The number of hydrogen-bond acceptors (Lipinski definition) is 6. The largest absolute Gasteiger partial charge is 0.493 e. The highest BCUT2D eigenvalue weighted by Gasteiger charge is 2.53. The number of nitrogens with two attached hydrogens (primary N) is 1. The van der Waals surface area contributed by atoms with Crippen molar-refractivity contribution in [2.75, 3.05) is 25.3 Å². The second kappa shape index (κ2) is 10.0. The Morgan fingerprint density at radius 1 is 1.16 bits per heavy atom. The molecule has 10 heteroatoms. The van der Waals surface area contributed by atoms with Gasteiger partial charge in [-0.3, -0.25) is 9.67 Å². The van der Waals surface area contributed by atoms with Crippen molar-refractivity contribution in [2.45, 2.75) is 50.2 Å². The van der Waals surface area contributed by atoms with E-state index in [0.717, 1.165) is 54.2 Å². The standard InChI is InChI=1S/C27H32F2N5O2P/c1-16-27(6-7-27)20-9-21(18-12-32-33(13-18)15-19(30)5-4-8-37)31-11-17(20)14-34(16)26-24(28)22(35-2)10-23(36-3)25(26)29/h9-13,19H,1,4-8,14-15,30,37H2,2-3H3.